The number of urea groups is 1. The molecule has 2 unspecified atom stereocenters. The lowest BCUT2D eigenvalue weighted by Crippen LogP contribution is -2.64. The molecule has 22 heavy (non-hydrogen) atoms. The molecular weight excluding hydrogens is 308 g/mol. The Hall–Kier alpha value is -2.49. The summed E-state index contributed by atoms with van der Waals surface area (Å²) < 4.78 is 0. The Morgan fingerprint density at radius 1 is 1.41 bits per heavy atom. The largest absolute Gasteiger partial charge is 0.338 e. The van der Waals surface area contributed by atoms with Crippen LogP contribution < -0.4 is 5.32 Å². The smallest absolute Gasteiger partial charge is 0.328 e. The predicted molar refractivity (Wildman–Crippen MR) is 79.4 cm³/mol. The van der Waals surface area contributed by atoms with Crippen LogP contribution in [0.3, 0.4) is 0 Å². The molecule has 1 saturated heterocycles. The zero-order valence-electron chi connectivity index (χ0n) is 12.0. The number of nitrogens with zero attached hydrogens (tertiary/aromatic N) is 5. The number of hydrogen-bond donors (Lipinski definition) is 1. The summed E-state index contributed by atoms with van der Waals surface area (Å²) in [5, 5.41) is 4.90. The highest BCUT2D eigenvalue weighted by molar-refractivity contribution is 7.13. The van der Waals surface area contributed by atoms with Gasteiger partial charge in [-0.2, -0.15) is 0 Å². The van der Waals surface area contributed by atoms with Crippen molar-refractivity contribution < 1.29 is 14.4 Å². The maximum Gasteiger partial charge on any atom is 0.328 e. The third-order valence-corrected chi connectivity index (χ3v) is 4.27. The Bertz CT molecular complexity index is 645. The van der Waals surface area contributed by atoms with E-state index < -0.39 is 18.2 Å². The first-order chi connectivity index (χ1) is 10.5. The van der Waals surface area contributed by atoms with E-state index in [-0.39, 0.29) is 18.4 Å². The molecule has 2 atom stereocenters. The number of fused-ring (bicyclic) bond motifs is 1. The van der Waals surface area contributed by atoms with Crippen LogP contribution in [0.15, 0.2) is 16.6 Å². The van der Waals surface area contributed by atoms with Gasteiger partial charge in [0.1, 0.15) is 0 Å². The molecular formula is C12H14N6O3S. The molecule has 1 aromatic rings. The minimum absolute atomic E-state index is 0.0359. The minimum Gasteiger partial charge on any atom is -0.338 e. The summed E-state index contributed by atoms with van der Waals surface area (Å²) in [6.45, 7) is -0.0359. The Morgan fingerprint density at radius 2 is 2.18 bits per heavy atom. The summed E-state index contributed by atoms with van der Waals surface area (Å²) in [5.41, 5.74) is 0. The van der Waals surface area contributed by atoms with Gasteiger partial charge >= 0.3 is 6.03 Å². The molecule has 1 fully saturated rings. The highest BCUT2D eigenvalue weighted by Gasteiger charge is 2.48. The van der Waals surface area contributed by atoms with E-state index in [0.29, 0.717) is 5.13 Å². The van der Waals surface area contributed by atoms with Crippen molar-refractivity contribution in [2.45, 2.75) is 12.2 Å². The fourth-order valence-electron chi connectivity index (χ4n) is 2.45. The molecule has 3 heterocycles. The van der Waals surface area contributed by atoms with Gasteiger partial charge in [0, 0.05) is 25.7 Å². The number of aliphatic imine (C=N–C) groups is 1. The second-order valence-electron chi connectivity index (χ2n) is 4.97. The van der Waals surface area contributed by atoms with E-state index in [4.69, 9.17) is 0 Å². The average molecular weight is 322 g/mol. The molecule has 2 aliphatic rings. The molecule has 2 aliphatic heterocycles. The molecule has 0 radical (unpaired) electrons. The number of carbonyl (C=O) groups excluding carboxylic acids is 3. The first-order valence-electron chi connectivity index (χ1n) is 6.52. The van der Waals surface area contributed by atoms with Crippen molar-refractivity contribution in [2.75, 3.05) is 26.0 Å². The first-order valence-corrected chi connectivity index (χ1v) is 7.40. The van der Waals surface area contributed by atoms with Crippen LogP contribution in [0.2, 0.25) is 0 Å². The summed E-state index contributed by atoms with van der Waals surface area (Å²) in [4.78, 5) is 48.3. The molecule has 0 aliphatic carbocycles. The standard InChI is InChI=1S/C12H14N6O3S/c1-16-9-8(10(20)17(2)12(16)21)18(6-14-9)5-7(19)15-11-13-3-4-22-11/h3-4,6,8-9H,5H2,1-2H3,(H,13,15,19). The molecule has 4 amide bonds. The second-order valence-corrected chi connectivity index (χ2v) is 5.87. The molecule has 10 heteroatoms. The van der Waals surface area contributed by atoms with Gasteiger partial charge in [0.05, 0.1) is 12.9 Å². The van der Waals surface area contributed by atoms with Gasteiger partial charge in [-0.3, -0.25) is 14.5 Å². The Kier molecular flexibility index (Phi) is 3.53. The number of aromatic nitrogens is 1. The molecule has 0 spiro atoms. The number of amides is 4. The second kappa shape index (κ2) is 5.37. The van der Waals surface area contributed by atoms with Crippen LogP contribution in [0.4, 0.5) is 9.93 Å². The molecule has 116 valence electrons. The van der Waals surface area contributed by atoms with E-state index >= 15 is 0 Å². The summed E-state index contributed by atoms with van der Waals surface area (Å²) in [6, 6.07) is -1.08. The van der Waals surface area contributed by atoms with E-state index in [1.54, 1.807) is 18.6 Å². The monoisotopic (exact) mass is 322 g/mol. The fraction of sp³-hybridized carbons (Fsp3) is 0.417. The quantitative estimate of drug-likeness (QED) is 0.820. The maximum atomic E-state index is 12.3. The molecule has 3 rings (SSSR count). The number of hydrogen-bond acceptors (Lipinski definition) is 7. The summed E-state index contributed by atoms with van der Waals surface area (Å²) in [7, 11) is 3.00. The zero-order chi connectivity index (χ0) is 15.9. The Labute approximate surface area is 130 Å². The molecule has 0 bridgehead atoms. The Balaban J connectivity index is 1.71. The van der Waals surface area contributed by atoms with Crippen LogP contribution in [0, 0.1) is 0 Å². The van der Waals surface area contributed by atoms with Gasteiger partial charge in [0.2, 0.25) is 5.91 Å². The van der Waals surface area contributed by atoms with Crippen molar-refractivity contribution in [3.63, 3.8) is 0 Å². The highest BCUT2D eigenvalue weighted by atomic mass is 32.1. The molecule has 0 aromatic carbocycles. The minimum atomic E-state index is -0.672. The van der Waals surface area contributed by atoms with E-state index in [9.17, 15) is 14.4 Å². The molecule has 1 aromatic heterocycles. The van der Waals surface area contributed by atoms with Crippen LogP contribution in [0.5, 0.6) is 0 Å². The number of imide groups is 1. The normalized spacial score (nSPS) is 24.0. The highest BCUT2D eigenvalue weighted by Crippen LogP contribution is 2.24. The maximum absolute atomic E-state index is 12.3. The predicted octanol–water partition coefficient (Wildman–Crippen LogP) is -0.356. The third kappa shape index (κ3) is 2.30. The number of anilines is 1. The topological polar surface area (TPSA) is 98.2 Å². The number of carbonyl (C=O) groups is 3. The van der Waals surface area contributed by atoms with Crippen molar-refractivity contribution in [1.29, 1.82) is 0 Å². The molecule has 1 N–H and O–H groups in total. The van der Waals surface area contributed by atoms with Crippen LogP contribution in [-0.4, -0.2) is 76.7 Å². The SMILES string of the molecule is CN1C(=O)C2C(N=CN2CC(=O)Nc2nccs2)N(C)C1=O. The summed E-state index contributed by atoms with van der Waals surface area (Å²) >= 11 is 1.31. The van der Waals surface area contributed by atoms with E-state index in [1.807, 2.05) is 0 Å². The lowest BCUT2D eigenvalue weighted by molar-refractivity contribution is -0.136. The van der Waals surface area contributed by atoms with Gasteiger partial charge in [-0.25, -0.2) is 14.8 Å². The van der Waals surface area contributed by atoms with Gasteiger partial charge in [-0.15, -0.1) is 11.3 Å². The summed E-state index contributed by atoms with van der Waals surface area (Å²) in [6.07, 6.45) is 2.44. The number of rotatable bonds is 3. The number of thiazole rings is 1. The molecule has 0 saturated carbocycles. The van der Waals surface area contributed by atoms with Gasteiger partial charge < -0.3 is 15.1 Å². The van der Waals surface area contributed by atoms with Gasteiger partial charge in [-0.05, 0) is 0 Å². The van der Waals surface area contributed by atoms with E-state index in [2.05, 4.69) is 15.3 Å². The lowest BCUT2D eigenvalue weighted by Gasteiger charge is -2.39. The first kappa shape index (κ1) is 14.4. The average Bonchev–Trinajstić information content (AvgIpc) is 3.12. The van der Waals surface area contributed by atoms with Crippen molar-refractivity contribution in [2.24, 2.45) is 4.99 Å². The summed E-state index contributed by atoms with van der Waals surface area (Å²) in [5.74, 6) is -0.662. The number of nitrogens with one attached hydrogen (secondary N) is 1. The van der Waals surface area contributed by atoms with Crippen molar-refractivity contribution in [1.82, 2.24) is 19.7 Å². The van der Waals surface area contributed by atoms with Crippen LogP contribution in [0.25, 0.3) is 0 Å². The lowest BCUT2D eigenvalue weighted by atomic mass is 10.1. The van der Waals surface area contributed by atoms with Gasteiger partial charge in [-0.1, -0.05) is 0 Å². The third-order valence-electron chi connectivity index (χ3n) is 3.58. The van der Waals surface area contributed by atoms with E-state index in [0.717, 1.165) is 4.90 Å². The number of likely N-dealkylation sites (N-methyl/N-ethyl adjacent to an activating group) is 2. The van der Waals surface area contributed by atoms with Crippen LogP contribution in [0.1, 0.15) is 0 Å². The fourth-order valence-corrected chi connectivity index (χ4v) is 3.00. The van der Waals surface area contributed by atoms with Crippen molar-refractivity contribution in [3.05, 3.63) is 11.6 Å². The zero-order valence-corrected chi connectivity index (χ0v) is 12.8. The van der Waals surface area contributed by atoms with E-state index in [1.165, 1.54) is 34.5 Å². The van der Waals surface area contributed by atoms with Crippen molar-refractivity contribution in [3.8, 4) is 0 Å². The van der Waals surface area contributed by atoms with Crippen LogP contribution in [-0.2, 0) is 9.59 Å². The van der Waals surface area contributed by atoms with Gasteiger partial charge in [0.25, 0.3) is 5.91 Å². The van der Waals surface area contributed by atoms with Gasteiger partial charge in [0.15, 0.2) is 17.3 Å². The van der Waals surface area contributed by atoms with Crippen LogP contribution >= 0.6 is 11.3 Å². The Morgan fingerprint density at radius 3 is 2.86 bits per heavy atom. The molecule has 9 nitrogen and oxygen atoms in total. The van der Waals surface area contributed by atoms with Crippen molar-refractivity contribution >= 4 is 40.7 Å².